The number of carbonyl (C=O) groups is 1. The van der Waals surface area contributed by atoms with Gasteiger partial charge in [0.1, 0.15) is 0 Å². The van der Waals surface area contributed by atoms with E-state index < -0.39 is 0 Å². The van der Waals surface area contributed by atoms with Crippen LogP contribution >= 0.6 is 11.3 Å². The third-order valence-corrected chi connectivity index (χ3v) is 5.18. The maximum atomic E-state index is 12.5. The third-order valence-electron chi connectivity index (χ3n) is 4.16. The van der Waals surface area contributed by atoms with Gasteiger partial charge in [-0.05, 0) is 32.9 Å². The van der Waals surface area contributed by atoms with Crippen LogP contribution in [0.3, 0.4) is 0 Å². The van der Waals surface area contributed by atoms with Gasteiger partial charge < -0.3 is 15.1 Å². The van der Waals surface area contributed by atoms with Crippen molar-refractivity contribution in [2.45, 2.75) is 19.8 Å². The Morgan fingerprint density at radius 2 is 2.00 bits per heavy atom. The number of aromatic nitrogens is 1. The summed E-state index contributed by atoms with van der Waals surface area (Å²) in [6.07, 6.45) is 1.98. The van der Waals surface area contributed by atoms with Crippen molar-refractivity contribution in [3.63, 3.8) is 0 Å². The molecule has 0 bridgehead atoms. The topological polar surface area (TPSA) is 48.5 Å². The predicted molar refractivity (Wildman–Crippen MR) is 81.2 cm³/mol. The number of rotatable bonds is 2. The Morgan fingerprint density at radius 1 is 1.30 bits per heavy atom. The Bertz CT molecular complexity index is 461. The molecule has 110 valence electrons. The molecule has 1 aromatic heterocycles. The molecular weight excluding hydrogens is 272 g/mol. The molecule has 0 spiro atoms. The second-order valence-electron chi connectivity index (χ2n) is 5.61. The van der Waals surface area contributed by atoms with Gasteiger partial charge in [-0.3, -0.25) is 4.79 Å². The molecule has 0 atom stereocenters. The SMILES string of the molecule is Cc1csc(N2CCN(C(=O)C3CCNCC3)CC2)n1. The van der Waals surface area contributed by atoms with Gasteiger partial charge >= 0.3 is 0 Å². The lowest BCUT2D eigenvalue weighted by Gasteiger charge is -2.37. The first-order chi connectivity index (χ1) is 9.74. The van der Waals surface area contributed by atoms with Crippen LogP contribution in [-0.2, 0) is 4.79 Å². The van der Waals surface area contributed by atoms with E-state index in [-0.39, 0.29) is 5.92 Å². The smallest absolute Gasteiger partial charge is 0.225 e. The van der Waals surface area contributed by atoms with Crippen molar-refractivity contribution in [1.82, 2.24) is 15.2 Å². The molecule has 6 heteroatoms. The number of nitrogens with one attached hydrogen (secondary N) is 1. The van der Waals surface area contributed by atoms with Gasteiger partial charge in [0.2, 0.25) is 5.91 Å². The van der Waals surface area contributed by atoms with Crippen LogP contribution in [0.1, 0.15) is 18.5 Å². The van der Waals surface area contributed by atoms with Crippen LogP contribution in [0.2, 0.25) is 0 Å². The van der Waals surface area contributed by atoms with Gasteiger partial charge in [0.25, 0.3) is 0 Å². The number of thiazole rings is 1. The highest BCUT2D eigenvalue weighted by molar-refractivity contribution is 7.13. The van der Waals surface area contributed by atoms with E-state index in [1.165, 1.54) is 0 Å². The molecule has 2 aliphatic rings. The van der Waals surface area contributed by atoms with E-state index in [0.29, 0.717) is 5.91 Å². The molecule has 1 N–H and O–H groups in total. The molecule has 20 heavy (non-hydrogen) atoms. The summed E-state index contributed by atoms with van der Waals surface area (Å²) in [4.78, 5) is 21.3. The molecule has 0 unspecified atom stereocenters. The summed E-state index contributed by atoms with van der Waals surface area (Å²) in [7, 11) is 0. The summed E-state index contributed by atoms with van der Waals surface area (Å²) >= 11 is 1.70. The van der Waals surface area contributed by atoms with Crippen LogP contribution in [0.4, 0.5) is 5.13 Å². The van der Waals surface area contributed by atoms with Crippen LogP contribution in [0.15, 0.2) is 5.38 Å². The number of amides is 1. The highest BCUT2D eigenvalue weighted by Crippen LogP contribution is 2.22. The minimum atomic E-state index is 0.241. The summed E-state index contributed by atoms with van der Waals surface area (Å²) in [6, 6.07) is 0. The molecule has 2 saturated heterocycles. The van der Waals surface area contributed by atoms with Gasteiger partial charge in [0.05, 0.1) is 5.69 Å². The normalized spacial score (nSPS) is 21.2. The molecule has 1 aromatic rings. The first kappa shape index (κ1) is 13.8. The Labute approximate surface area is 124 Å². The van der Waals surface area contributed by atoms with Crippen molar-refractivity contribution >= 4 is 22.4 Å². The summed E-state index contributed by atoms with van der Waals surface area (Å²) in [5.74, 6) is 0.603. The average Bonchev–Trinajstić information content (AvgIpc) is 2.94. The van der Waals surface area contributed by atoms with Crippen LogP contribution in [0, 0.1) is 12.8 Å². The molecule has 0 saturated carbocycles. The molecule has 2 fully saturated rings. The van der Waals surface area contributed by atoms with Gasteiger partial charge in [0, 0.05) is 37.5 Å². The molecule has 3 rings (SSSR count). The highest BCUT2D eigenvalue weighted by Gasteiger charge is 2.28. The van der Waals surface area contributed by atoms with Crippen LogP contribution in [0.25, 0.3) is 0 Å². The largest absolute Gasteiger partial charge is 0.345 e. The zero-order valence-electron chi connectivity index (χ0n) is 12.0. The second-order valence-corrected chi connectivity index (χ2v) is 6.44. The Balaban J connectivity index is 1.54. The van der Waals surface area contributed by atoms with E-state index >= 15 is 0 Å². The lowest BCUT2D eigenvalue weighted by Crippen LogP contribution is -2.51. The number of hydrogen-bond donors (Lipinski definition) is 1. The first-order valence-electron chi connectivity index (χ1n) is 7.40. The molecule has 5 nitrogen and oxygen atoms in total. The molecule has 0 aromatic carbocycles. The van der Waals surface area contributed by atoms with Gasteiger partial charge in [0.15, 0.2) is 5.13 Å². The summed E-state index contributed by atoms with van der Waals surface area (Å²) in [5, 5.41) is 6.50. The van der Waals surface area contributed by atoms with Crippen molar-refractivity contribution in [2.75, 3.05) is 44.2 Å². The van der Waals surface area contributed by atoms with E-state index in [9.17, 15) is 4.79 Å². The zero-order chi connectivity index (χ0) is 13.9. The fourth-order valence-corrected chi connectivity index (χ4v) is 3.79. The number of piperidine rings is 1. The molecule has 2 aliphatic heterocycles. The van der Waals surface area contributed by atoms with Gasteiger partial charge in [-0.15, -0.1) is 11.3 Å². The van der Waals surface area contributed by atoms with Crippen molar-refractivity contribution < 1.29 is 4.79 Å². The Hall–Kier alpha value is -1.14. The quantitative estimate of drug-likeness (QED) is 0.887. The molecule has 0 aliphatic carbocycles. The van der Waals surface area contributed by atoms with Crippen molar-refractivity contribution in [1.29, 1.82) is 0 Å². The highest BCUT2D eigenvalue weighted by atomic mass is 32.1. The van der Waals surface area contributed by atoms with Crippen LogP contribution < -0.4 is 10.2 Å². The summed E-state index contributed by atoms with van der Waals surface area (Å²) < 4.78 is 0. The molecule has 1 amide bonds. The fraction of sp³-hybridized carbons (Fsp3) is 0.714. The molecule has 0 radical (unpaired) electrons. The molecular formula is C14H22N4OS. The number of piperazine rings is 1. The van der Waals surface area contributed by atoms with Crippen molar-refractivity contribution in [2.24, 2.45) is 5.92 Å². The second kappa shape index (κ2) is 6.10. The Kier molecular flexibility index (Phi) is 4.21. The fourth-order valence-electron chi connectivity index (χ4n) is 2.93. The minimum Gasteiger partial charge on any atom is -0.345 e. The van der Waals surface area contributed by atoms with E-state index in [0.717, 1.165) is 62.9 Å². The van der Waals surface area contributed by atoms with Crippen LogP contribution in [-0.4, -0.2) is 55.1 Å². The van der Waals surface area contributed by atoms with Crippen molar-refractivity contribution in [3.05, 3.63) is 11.1 Å². The van der Waals surface area contributed by atoms with Gasteiger partial charge in [-0.1, -0.05) is 0 Å². The zero-order valence-corrected chi connectivity index (χ0v) is 12.8. The number of aryl methyl sites for hydroxylation is 1. The average molecular weight is 294 g/mol. The lowest BCUT2D eigenvalue weighted by molar-refractivity contribution is -0.136. The summed E-state index contributed by atoms with van der Waals surface area (Å²) in [6.45, 7) is 7.47. The Morgan fingerprint density at radius 3 is 2.60 bits per heavy atom. The summed E-state index contributed by atoms with van der Waals surface area (Å²) in [5.41, 5.74) is 1.08. The predicted octanol–water partition coefficient (Wildman–Crippen LogP) is 1.10. The van der Waals surface area contributed by atoms with E-state index in [2.05, 4.69) is 20.6 Å². The maximum Gasteiger partial charge on any atom is 0.225 e. The minimum absolute atomic E-state index is 0.241. The van der Waals surface area contributed by atoms with E-state index in [1.807, 2.05) is 11.8 Å². The number of nitrogens with zero attached hydrogens (tertiary/aromatic N) is 3. The third kappa shape index (κ3) is 2.96. The lowest BCUT2D eigenvalue weighted by atomic mass is 9.96. The number of carbonyl (C=O) groups excluding carboxylic acids is 1. The maximum absolute atomic E-state index is 12.5. The monoisotopic (exact) mass is 294 g/mol. The van der Waals surface area contributed by atoms with E-state index in [1.54, 1.807) is 11.3 Å². The first-order valence-corrected chi connectivity index (χ1v) is 8.28. The van der Waals surface area contributed by atoms with Gasteiger partial charge in [-0.25, -0.2) is 4.98 Å². The number of anilines is 1. The number of hydrogen-bond acceptors (Lipinski definition) is 5. The van der Waals surface area contributed by atoms with Crippen LogP contribution in [0.5, 0.6) is 0 Å². The standard InChI is InChI=1S/C14H22N4OS/c1-11-10-20-14(16-11)18-8-6-17(7-9-18)13(19)12-2-4-15-5-3-12/h10,12,15H,2-9H2,1H3. The van der Waals surface area contributed by atoms with Crippen molar-refractivity contribution in [3.8, 4) is 0 Å². The van der Waals surface area contributed by atoms with E-state index in [4.69, 9.17) is 0 Å². The molecule has 3 heterocycles. The van der Waals surface area contributed by atoms with Gasteiger partial charge in [-0.2, -0.15) is 0 Å².